The molecule has 0 saturated heterocycles. The first-order valence-corrected chi connectivity index (χ1v) is 8.66. The van der Waals surface area contributed by atoms with Gasteiger partial charge in [0.15, 0.2) is 0 Å². The van der Waals surface area contributed by atoms with Crippen molar-refractivity contribution in [2.45, 2.75) is 19.8 Å². The van der Waals surface area contributed by atoms with Gasteiger partial charge in [-0.1, -0.05) is 12.1 Å². The fourth-order valence-electron chi connectivity index (χ4n) is 2.66. The van der Waals surface area contributed by atoms with E-state index >= 15 is 0 Å². The molecule has 0 aliphatic heterocycles. The minimum Gasteiger partial charge on any atom is -0.481 e. The minimum atomic E-state index is -0.838. The van der Waals surface area contributed by atoms with Crippen LogP contribution in [0.4, 0.5) is 0 Å². The number of nitriles is 1. The van der Waals surface area contributed by atoms with Crippen molar-refractivity contribution in [2.24, 2.45) is 7.05 Å². The van der Waals surface area contributed by atoms with Gasteiger partial charge in [-0.2, -0.15) is 5.26 Å². The molecule has 126 valence electrons. The first-order chi connectivity index (χ1) is 12.0. The van der Waals surface area contributed by atoms with Crippen LogP contribution in [0.15, 0.2) is 30.3 Å². The zero-order chi connectivity index (χ0) is 18.0. The van der Waals surface area contributed by atoms with Gasteiger partial charge in [-0.25, -0.2) is 4.98 Å². The zero-order valence-corrected chi connectivity index (χ0v) is 14.8. The van der Waals surface area contributed by atoms with Crippen molar-refractivity contribution in [1.82, 2.24) is 9.55 Å². The average Bonchev–Trinajstić information content (AvgIpc) is 3.14. The highest BCUT2D eigenvalue weighted by atomic mass is 32.1. The first kappa shape index (κ1) is 16.9. The summed E-state index contributed by atoms with van der Waals surface area (Å²) in [5.41, 5.74) is 4.24. The second-order valence-electron chi connectivity index (χ2n) is 5.79. The van der Waals surface area contributed by atoms with E-state index in [0.717, 1.165) is 32.1 Å². The van der Waals surface area contributed by atoms with Gasteiger partial charge in [0.25, 0.3) is 0 Å². The van der Waals surface area contributed by atoms with Crippen LogP contribution in [0.2, 0.25) is 0 Å². The van der Waals surface area contributed by atoms with Crippen molar-refractivity contribution in [2.75, 3.05) is 0 Å². The second kappa shape index (κ2) is 6.91. The molecule has 0 unspecified atom stereocenters. The number of carboxylic acid groups (broad SMARTS) is 1. The van der Waals surface area contributed by atoms with Crippen LogP contribution in [-0.2, 0) is 11.8 Å². The highest BCUT2D eigenvalue weighted by Gasteiger charge is 2.13. The summed E-state index contributed by atoms with van der Waals surface area (Å²) in [4.78, 5) is 15.7. The van der Waals surface area contributed by atoms with Gasteiger partial charge >= 0.3 is 5.97 Å². The summed E-state index contributed by atoms with van der Waals surface area (Å²) >= 11 is 1.55. The Morgan fingerprint density at radius 1 is 1.40 bits per heavy atom. The number of carbonyl (C=O) groups is 1. The Morgan fingerprint density at radius 3 is 2.80 bits per heavy atom. The molecule has 3 aromatic rings. The zero-order valence-electron chi connectivity index (χ0n) is 14.0. The SMILES string of the molecule is Cc1c(C=C(CCC(=O)O)c2nc3ccccc3s2)cc(C#N)n1C. The Bertz CT molecular complexity index is 988. The number of para-hydroxylation sites is 1. The minimum absolute atomic E-state index is 0.0404. The molecule has 1 aromatic carbocycles. The molecule has 0 bridgehead atoms. The molecule has 6 heteroatoms. The van der Waals surface area contributed by atoms with Gasteiger partial charge in [0.1, 0.15) is 16.8 Å². The summed E-state index contributed by atoms with van der Waals surface area (Å²) in [6.45, 7) is 1.94. The lowest BCUT2D eigenvalue weighted by Crippen LogP contribution is -1.96. The Kier molecular flexibility index (Phi) is 4.68. The topological polar surface area (TPSA) is 78.9 Å². The highest BCUT2D eigenvalue weighted by Crippen LogP contribution is 2.31. The van der Waals surface area contributed by atoms with E-state index in [-0.39, 0.29) is 6.42 Å². The van der Waals surface area contributed by atoms with Gasteiger partial charge in [0, 0.05) is 19.2 Å². The summed E-state index contributed by atoms with van der Waals surface area (Å²) in [6, 6.07) is 11.8. The van der Waals surface area contributed by atoms with Crippen LogP contribution in [-0.4, -0.2) is 20.6 Å². The second-order valence-corrected chi connectivity index (χ2v) is 6.82. The van der Waals surface area contributed by atoms with E-state index in [9.17, 15) is 10.1 Å². The van der Waals surface area contributed by atoms with Crippen LogP contribution in [0.5, 0.6) is 0 Å². The lowest BCUT2D eigenvalue weighted by atomic mass is 10.1. The van der Waals surface area contributed by atoms with E-state index < -0.39 is 5.97 Å². The van der Waals surface area contributed by atoms with E-state index in [0.29, 0.717) is 12.1 Å². The molecular weight excluding hydrogens is 334 g/mol. The number of nitrogens with zero attached hydrogens (tertiary/aromatic N) is 3. The molecule has 3 rings (SSSR count). The van der Waals surface area contributed by atoms with Crippen LogP contribution in [0.3, 0.4) is 0 Å². The van der Waals surface area contributed by atoms with Gasteiger partial charge in [-0.3, -0.25) is 4.79 Å². The quantitative estimate of drug-likeness (QED) is 0.746. The molecule has 25 heavy (non-hydrogen) atoms. The van der Waals surface area contributed by atoms with Crippen LogP contribution < -0.4 is 0 Å². The fraction of sp³-hybridized carbons (Fsp3) is 0.211. The van der Waals surface area contributed by atoms with Crippen LogP contribution in [0.1, 0.15) is 34.8 Å². The molecule has 1 N–H and O–H groups in total. The van der Waals surface area contributed by atoms with E-state index in [1.54, 1.807) is 11.3 Å². The third-order valence-electron chi connectivity index (χ3n) is 4.20. The molecule has 5 nitrogen and oxygen atoms in total. The van der Waals surface area contributed by atoms with Gasteiger partial charge in [-0.05, 0) is 48.8 Å². The van der Waals surface area contributed by atoms with Crippen molar-refractivity contribution in [3.8, 4) is 6.07 Å². The molecule has 0 radical (unpaired) electrons. The summed E-state index contributed by atoms with van der Waals surface area (Å²) in [5, 5.41) is 19.1. The maximum Gasteiger partial charge on any atom is 0.303 e. The van der Waals surface area contributed by atoms with Crippen molar-refractivity contribution >= 4 is 39.2 Å². The van der Waals surface area contributed by atoms with Crippen molar-refractivity contribution in [3.05, 3.63) is 52.3 Å². The van der Waals surface area contributed by atoms with E-state index in [4.69, 9.17) is 5.11 Å². The van der Waals surface area contributed by atoms with Crippen LogP contribution in [0, 0.1) is 18.3 Å². The van der Waals surface area contributed by atoms with Crippen LogP contribution >= 0.6 is 11.3 Å². The Hall–Kier alpha value is -2.91. The average molecular weight is 351 g/mol. The number of aromatic nitrogens is 2. The number of benzene rings is 1. The van der Waals surface area contributed by atoms with E-state index in [1.165, 1.54) is 0 Å². The van der Waals surface area contributed by atoms with Crippen molar-refractivity contribution < 1.29 is 9.90 Å². The molecule has 0 spiro atoms. The third-order valence-corrected chi connectivity index (χ3v) is 5.31. The summed E-state index contributed by atoms with van der Waals surface area (Å²) in [7, 11) is 1.85. The standard InChI is InChI=1S/C19H17N3O2S/c1-12-14(10-15(11-20)22(12)2)9-13(7-8-18(23)24)19-21-16-5-3-4-6-17(16)25-19/h3-6,9-10H,7-8H2,1-2H3,(H,23,24). The monoisotopic (exact) mass is 351 g/mol. The summed E-state index contributed by atoms with van der Waals surface area (Å²) in [5.74, 6) is -0.838. The smallest absolute Gasteiger partial charge is 0.303 e. The Morgan fingerprint density at radius 2 is 2.16 bits per heavy atom. The number of aliphatic carboxylic acids is 1. The fourth-order valence-corrected chi connectivity index (χ4v) is 3.67. The maximum atomic E-state index is 11.0. The number of rotatable bonds is 5. The molecule has 0 amide bonds. The molecule has 0 atom stereocenters. The molecule has 0 saturated carbocycles. The molecule has 2 heterocycles. The Balaban J connectivity index is 2.08. The van der Waals surface area contributed by atoms with Gasteiger partial charge < -0.3 is 9.67 Å². The molecule has 0 fully saturated rings. The third kappa shape index (κ3) is 3.47. The number of hydrogen-bond donors (Lipinski definition) is 1. The lowest BCUT2D eigenvalue weighted by Gasteiger charge is -2.04. The predicted octanol–water partition coefficient (Wildman–Crippen LogP) is 4.22. The molecular formula is C19H17N3O2S. The molecule has 0 aliphatic rings. The van der Waals surface area contributed by atoms with Crippen molar-refractivity contribution in [1.29, 1.82) is 5.26 Å². The predicted molar refractivity (Wildman–Crippen MR) is 99.2 cm³/mol. The molecule has 0 aliphatic carbocycles. The summed E-state index contributed by atoms with van der Waals surface area (Å²) < 4.78 is 2.90. The number of hydrogen-bond acceptors (Lipinski definition) is 4. The van der Waals surface area contributed by atoms with Crippen molar-refractivity contribution in [3.63, 3.8) is 0 Å². The molecule has 2 aromatic heterocycles. The van der Waals surface area contributed by atoms with E-state index in [2.05, 4.69) is 11.1 Å². The van der Waals surface area contributed by atoms with E-state index in [1.807, 2.05) is 54.9 Å². The number of fused-ring (bicyclic) bond motifs is 1. The largest absolute Gasteiger partial charge is 0.481 e. The highest BCUT2D eigenvalue weighted by molar-refractivity contribution is 7.19. The van der Waals surface area contributed by atoms with Crippen LogP contribution in [0.25, 0.3) is 21.9 Å². The number of carboxylic acids is 1. The first-order valence-electron chi connectivity index (χ1n) is 7.84. The number of allylic oxidation sites excluding steroid dienone is 1. The normalized spacial score (nSPS) is 11.6. The van der Waals surface area contributed by atoms with Gasteiger partial charge in [-0.15, -0.1) is 11.3 Å². The maximum absolute atomic E-state index is 11.0. The van der Waals surface area contributed by atoms with Gasteiger partial charge in [0.05, 0.1) is 10.2 Å². The van der Waals surface area contributed by atoms with Gasteiger partial charge in [0.2, 0.25) is 0 Å². The Labute approximate surface area is 149 Å². The lowest BCUT2D eigenvalue weighted by molar-refractivity contribution is -0.136. The number of thiazole rings is 1. The summed E-state index contributed by atoms with van der Waals surface area (Å²) in [6.07, 6.45) is 2.39.